The van der Waals surface area contributed by atoms with Crippen LogP contribution in [-0.2, 0) is 0 Å². The van der Waals surface area contributed by atoms with Crippen LogP contribution in [0.1, 0.15) is 48.2 Å². The number of carbonyl (C=O) groups is 1. The monoisotopic (exact) mass is 255 g/mol. The molecule has 4 heteroatoms. The highest BCUT2D eigenvalue weighted by Gasteiger charge is 2.34. The van der Waals surface area contributed by atoms with E-state index in [2.05, 4.69) is 10.3 Å². The van der Waals surface area contributed by atoms with Crippen molar-refractivity contribution in [2.75, 3.05) is 0 Å². The van der Waals surface area contributed by atoms with Crippen LogP contribution in [0.2, 0.25) is 0 Å². The van der Waals surface area contributed by atoms with Gasteiger partial charge in [0.2, 0.25) is 0 Å². The van der Waals surface area contributed by atoms with Gasteiger partial charge in [-0.15, -0.1) is 0 Å². The number of Topliss-reactive ketones (excluding diaryl/α,β-unsaturated/α-hetero) is 1. The maximum absolute atomic E-state index is 12.5. The first-order valence-electron chi connectivity index (χ1n) is 6.92. The topological polar surface area (TPSA) is 65.8 Å². The second-order valence-corrected chi connectivity index (χ2v) is 5.57. The summed E-state index contributed by atoms with van der Waals surface area (Å²) in [7, 11) is 0. The molecule has 0 saturated carbocycles. The summed E-state index contributed by atoms with van der Waals surface area (Å²) in [5.41, 5.74) is 0.955. The third-order valence-corrected chi connectivity index (χ3v) is 4.24. The molecule has 0 aromatic carbocycles. The Morgan fingerprint density at radius 2 is 2.11 bits per heavy atom. The minimum atomic E-state index is 0.102. The number of ketones is 1. The summed E-state index contributed by atoms with van der Waals surface area (Å²) < 4.78 is 0. The zero-order valence-corrected chi connectivity index (χ0v) is 10.8. The van der Waals surface area contributed by atoms with Crippen LogP contribution in [0.25, 0.3) is 0 Å². The van der Waals surface area contributed by atoms with Gasteiger partial charge in [0.25, 0.3) is 0 Å². The molecule has 2 aliphatic heterocycles. The van der Waals surface area contributed by atoms with E-state index in [1.807, 2.05) is 6.07 Å². The molecule has 2 aliphatic rings. The Balaban J connectivity index is 1.78. The minimum Gasteiger partial charge on any atom is -0.311 e. The van der Waals surface area contributed by atoms with E-state index in [9.17, 15) is 4.79 Å². The van der Waals surface area contributed by atoms with Crippen LogP contribution in [0.4, 0.5) is 0 Å². The van der Waals surface area contributed by atoms with E-state index in [-0.39, 0.29) is 11.7 Å². The molecule has 2 fully saturated rings. The number of nitrogens with one attached hydrogen (secondary N) is 1. The van der Waals surface area contributed by atoms with Gasteiger partial charge < -0.3 is 5.32 Å². The summed E-state index contributed by atoms with van der Waals surface area (Å²) in [5.74, 6) is 0.280. The molecule has 0 radical (unpaired) electrons. The number of piperidine rings is 2. The van der Waals surface area contributed by atoms with E-state index >= 15 is 0 Å². The number of fused-ring (bicyclic) bond motifs is 2. The molecule has 0 aliphatic carbocycles. The van der Waals surface area contributed by atoms with E-state index < -0.39 is 0 Å². The zero-order chi connectivity index (χ0) is 13.2. The molecular formula is C15H17N3O. The van der Waals surface area contributed by atoms with Gasteiger partial charge in [-0.2, -0.15) is 5.26 Å². The molecule has 3 rings (SSSR count). The number of nitrogens with zero attached hydrogens (tertiary/aromatic N) is 2. The number of aromatic nitrogens is 1. The van der Waals surface area contributed by atoms with Crippen LogP contribution in [-0.4, -0.2) is 22.9 Å². The minimum absolute atomic E-state index is 0.102. The van der Waals surface area contributed by atoms with Crippen molar-refractivity contribution < 1.29 is 4.79 Å². The molecule has 1 N–H and O–H groups in total. The molecule has 2 unspecified atom stereocenters. The Labute approximate surface area is 112 Å². The van der Waals surface area contributed by atoms with Crippen molar-refractivity contribution in [1.82, 2.24) is 10.3 Å². The first kappa shape index (κ1) is 12.3. The van der Waals surface area contributed by atoms with Crippen LogP contribution >= 0.6 is 0 Å². The SMILES string of the molecule is N#Cc1cc(C(=O)C2CC3CCCC(C2)N3)ccn1. The van der Waals surface area contributed by atoms with Gasteiger partial charge in [-0.1, -0.05) is 6.42 Å². The molecule has 0 spiro atoms. The predicted octanol–water partition coefficient (Wildman–Crippen LogP) is 2.06. The highest BCUT2D eigenvalue weighted by Crippen LogP contribution is 2.31. The van der Waals surface area contributed by atoms with Crippen molar-refractivity contribution in [3.63, 3.8) is 0 Å². The molecule has 1 aromatic heterocycles. The first-order valence-corrected chi connectivity index (χ1v) is 6.92. The molecule has 4 nitrogen and oxygen atoms in total. The lowest BCUT2D eigenvalue weighted by atomic mass is 9.77. The summed E-state index contributed by atoms with van der Waals surface area (Å²) in [6, 6.07) is 6.32. The van der Waals surface area contributed by atoms with Crippen LogP contribution in [0, 0.1) is 17.2 Å². The summed E-state index contributed by atoms with van der Waals surface area (Å²) >= 11 is 0. The standard InChI is InChI=1S/C15H17N3O/c16-9-14-6-10(4-5-17-14)15(19)11-7-12-2-1-3-13(8-11)18-12/h4-6,11-13,18H,1-3,7-8H2. The summed E-state index contributed by atoms with van der Waals surface area (Å²) in [4.78, 5) is 16.5. The normalized spacial score (nSPS) is 29.5. The van der Waals surface area contributed by atoms with Crippen molar-refractivity contribution in [1.29, 1.82) is 5.26 Å². The van der Waals surface area contributed by atoms with Gasteiger partial charge in [-0.3, -0.25) is 4.79 Å². The fourth-order valence-electron chi connectivity index (χ4n) is 3.36. The maximum atomic E-state index is 12.5. The second kappa shape index (κ2) is 5.10. The Morgan fingerprint density at radius 3 is 2.79 bits per heavy atom. The van der Waals surface area contributed by atoms with Gasteiger partial charge >= 0.3 is 0 Å². The van der Waals surface area contributed by atoms with Gasteiger partial charge in [0.15, 0.2) is 5.78 Å². The highest BCUT2D eigenvalue weighted by molar-refractivity contribution is 5.98. The van der Waals surface area contributed by atoms with Crippen molar-refractivity contribution in [2.45, 2.75) is 44.2 Å². The van der Waals surface area contributed by atoms with Crippen LogP contribution < -0.4 is 5.32 Å². The van der Waals surface area contributed by atoms with E-state index in [4.69, 9.17) is 5.26 Å². The number of pyridine rings is 1. The fourth-order valence-corrected chi connectivity index (χ4v) is 3.36. The molecule has 1 aromatic rings. The van der Waals surface area contributed by atoms with E-state index in [1.54, 1.807) is 18.3 Å². The number of rotatable bonds is 2. The van der Waals surface area contributed by atoms with Gasteiger partial charge in [0.1, 0.15) is 11.8 Å². The molecule has 19 heavy (non-hydrogen) atoms. The second-order valence-electron chi connectivity index (χ2n) is 5.57. The Bertz CT molecular complexity index is 522. The molecule has 2 saturated heterocycles. The molecular weight excluding hydrogens is 238 g/mol. The van der Waals surface area contributed by atoms with Crippen molar-refractivity contribution in [3.05, 3.63) is 29.6 Å². The number of carbonyl (C=O) groups excluding carboxylic acids is 1. The van der Waals surface area contributed by atoms with Gasteiger partial charge in [0.05, 0.1) is 0 Å². The average Bonchev–Trinajstić information content (AvgIpc) is 2.46. The van der Waals surface area contributed by atoms with Gasteiger partial charge in [0, 0.05) is 29.8 Å². The van der Waals surface area contributed by atoms with Crippen LogP contribution in [0.15, 0.2) is 18.3 Å². The largest absolute Gasteiger partial charge is 0.311 e. The Kier molecular flexibility index (Phi) is 3.31. The molecule has 0 amide bonds. The summed E-state index contributed by atoms with van der Waals surface area (Å²) in [5, 5.41) is 12.4. The van der Waals surface area contributed by atoms with E-state index in [0.29, 0.717) is 23.3 Å². The first-order chi connectivity index (χ1) is 9.26. The molecule has 98 valence electrons. The van der Waals surface area contributed by atoms with Crippen molar-refractivity contribution in [3.8, 4) is 6.07 Å². The van der Waals surface area contributed by atoms with E-state index in [1.165, 1.54) is 19.3 Å². The third-order valence-electron chi connectivity index (χ3n) is 4.24. The van der Waals surface area contributed by atoms with Crippen LogP contribution in [0.3, 0.4) is 0 Å². The van der Waals surface area contributed by atoms with E-state index in [0.717, 1.165) is 12.8 Å². The predicted molar refractivity (Wildman–Crippen MR) is 70.6 cm³/mol. The van der Waals surface area contributed by atoms with Crippen molar-refractivity contribution >= 4 is 5.78 Å². The average molecular weight is 255 g/mol. The number of hydrogen-bond donors (Lipinski definition) is 1. The van der Waals surface area contributed by atoms with Gasteiger partial charge in [-0.25, -0.2) is 4.98 Å². The summed E-state index contributed by atoms with van der Waals surface area (Å²) in [6.45, 7) is 0. The fraction of sp³-hybridized carbons (Fsp3) is 0.533. The molecule has 2 bridgehead atoms. The quantitative estimate of drug-likeness (QED) is 0.821. The lowest BCUT2D eigenvalue weighted by Gasteiger charge is -2.39. The molecule has 3 heterocycles. The maximum Gasteiger partial charge on any atom is 0.166 e. The molecule has 2 atom stereocenters. The zero-order valence-electron chi connectivity index (χ0n) is 10.8. The van der Waals surface area contributed by atoms with Gasteiger partial charge in [-0.05, 0) is 37.8 Å². The Hall–Kier alpha value is -1.73. The van der Waals surface area contributed by atoms with Crippen molar-refractivity contribution in [2.24, 2.45) is 5.92 Å². The third kappa shape index (κ3) is 2.52. The summed E-state index contributed by atoms with van der Waals surface area (Å²) in [6.07, 6.45) is 7.05. The number of nitriles is 1. The van der Waals surface area contributed by atoms with Crippen LogP contribution in [0.5, 0.6) is 0 Å². The number of hydrogen-bond acceptors (Lipinski definition) is 4. The smallest absolute Gasteiger partial charge is 0.166 e. The lowest BCUT2D eigenvalue weighted by molar-refractivity contribution is 0.0825. The Morgan fingerprint density at radius 1 is 1.37 bits per heavy atom. The highest BCUT2D eigenvalue weighted by atomic mass is 16.1. The lowest BCUT2D eigenvalue weighted by Crippen LogP contribution is -2.50.